The van der Waals surface area contributed by atoms with Gasteiger partial charge in [-0.05, 0) is 31.2 Å². The number of nitrogens with two attached hydrogens (primary N) is 1. The predicted molar refractivity (Wildman–Crippen MR) is 79.4 cm³/mol. The Labute approximate surface area is 119 Å². The van der Waals surface area contributed by atoms with E-state index in [1.165, 1.54) is 19.3 Å². The van der Waals surface area contributed by atoms with Crippen molar-refractivity contribution >= 4 is 0 Å². The highest BCUT2D eigenvalue weighted by Crippen LogP contribution is 2.31. The second kappa shape index (κ2) is 12.9. The maximum Gasteiger partial charge on any atom is 0.0701 e. The molecule has 2 N–H and O–H groups in total. The van der Waals surface area contributed by atoms with Crippen LogP contribution in [0, 0.1) is 5.41 Å². The van der Waals surface area contributed by atoms with E-state index in [2.05, 4.69) is 13.8 Å². The van der Waals surface area contributed by atoms with Crippen LogP contribution < -0.4 is 5.73 Å². The van der Waals surface area contributed by atoms with Gasteiger partial charge in [-0.1, -0.05) is 26.7 Å². The van der Waals surface area contributed by atoms with E-state index in [4.69, 9.17) is 19.9 Å². The third kappa shape index (κ3) is 9.38. The molecule has 0 aromatic carbocycles. The van der Waals surface area contributed by atoms with E-state index in [-0.39, 0.29) is 5.41 Å². The van der Waals surface area contributed by atoms with Crippen molar-refractivity contribution in [3.8, 4) is 0 Å². The van der Waals surface area contributed by atoms with Crippen LogP contribution in [0.25, 0.3) is 0 Å². The van der Waals surface area contributed by atoms with E-state index in [0.717, 1.165) is 26.0 Å². The summed E-state index contributed by atoms with van der Waals surface area (Å²) in [6, 6.07) is 0. The molecular formula is C15H33NO3. The van der Waals surface area contributed by atoms with Crippen LogP contribution in [0.15, 0.2) is 0 Å². The Kier molecular flexibility index (Phi) is 12.7. The predicted octanol–water partition coefficient (Wildman–Crippen LogP) is 2.60. The van der Waals surface area contributed by atoms with Crippen molar-refractivity contribution in [2.75, 3.05) is 46.7 Å². The van der Waals surface area contributed by atoms with Gasteiger partial charge in [-0.3, -0.25) is 0 Å². The normalized spacial score (nSPS) is 14.5. The van der Waals surface area contributed by atoms with Gasteiger partial charge in [-0.25, -0.2) is 0 Å². The standard InChI is InChI=1S/C15H33NO3/c1-4-6-7-15(5-2,14-16)8-9-18-12-13-19-11-10-17-3/h4-14,16H2,1-3H3. The molecule has 4 nitrogen and oxygen atoms in total. The Morgan fingerprint density at radius 3 is 2.05 bits per heavy atom. The molecule has 1 unspecified atom stereocenters. The summed E-state index contributed by atoms with van der Waals surface area (Å²) in [5, 5.41) is 0. The largest absolute Gasteiger partial charge is 0.382 e. The molecule has 0 saturated carbocycles. The van der Waals surface area contributed by atoms with Crippen molar-refractivity contribution in [1.82, 2.24) is 0 Å². The van der Waals surface area contributed by atoms with Crippen molar-refractivity contribution < 1.29 is 14.2 Å². The van der Waals surface area contributed by atoms with Crippen LogP contribution in [0.2, 0.25) is 0 Å². The number of rotatable bonds is 14. The third-order valence-corrected chi connectivity index (χ3v) is 3.82. The van der Waals surface area contributed by atoms with Crippen molar-refractivity contribution in [3.63, 3.8) is 0 Å². The summed E-state index contributed by atoms with van der Waals surface area (Å²) in [5.74, 6) is 0. The lowest BCUT2D eigenvalue weighted by atomic mass is 9.77. The van der Waals surface area contributed by atoms with Crippen LogP contribution in [0.5, 0.6) is 0 Å². The molecule has 0 rings (SSSR count). The van der Waals surface area contributed by atoms with Gasteiger partial charge in [0.25, 0.3) is 0 Å². The van der Waals surface area contributed by atoms with Crippen LogP contribution in [0.4, 0.5) is 0 Å². The minimum Gasteiger partial charge on any atom is -0.382 e. The minimum atomic E-state index is 0.271. The average Bonchev–Trinajstić information content (AvgIpc) is 2.45. The lowest BCUT2D eigenvalue weighted by Crippen LogP contribution is -2.31. The highest BCUT2D eigenvalue weighted by molar-refractivity contribution is 4.78. The van der Waals surface area contributed by atoms with Crippen molar-refractivity contribution in [2.45, 2.75) is 46.0 Å². The van der Waals surface area contributed by atoms with Crippen LogP contribution in [-0.4, -0.2) is 46.7 Å². The molecule has 0 aliphatic carbocycles. The molecule has 0 aromatic heterocycles. The summed E-state index contributed by atoms with van der Waals surface area (Å²) in [5.41, 5.74) is 6.23. The summed E-state index contributed by atoms with van der Waals surface area (Å²) >= 11 is 0. The fourth-order valence-corrected chi connectivity index (χ4v) is 2.13. The monoisotopic (exact) mass is 275 g/mol. The van der Waals surface area contributed by atoms with E-state index in [1.54, 1.807) is 7.11 Å². The molecule has 0 saturated heterocycles. The topological polar surface area (TPSA) is 53.7 Å². The number of methoxy groups -OCH3 is 1. The van der Waals surface area contributed by atoms with Gasteiger partial charge in [0.15, 0.2) is 0 Å². The molecule has 4 heteroatoms. The SMILES string of the molecule is CCCCC(CC)(CN)CCOCCOCCOC. The smallest absolute Gasteiger partial charge is 0.0701 e. The molecule has 0 bridgehead atoms. The zero-order valence-corrected chi connectivity index (χ0v) is 13.1. The number of hydrogen-bond acceptors (Lipinski definition) is 4. The van der Waals surface area contributed by atoms with Gasteiger partial charge >= 0.3 is 0 Å². The van der Waals surface area contributed by atoms with Gasteiger partial charge in [0.2, 0.25) is 0 Å². The van der Waals surface area contributed by atoms with E-state index >= 15 is 0 Å². The first kappa shape index (κ1) is 18.8. The number of hydrogen-bond donors (Lipinski definition) is 1. The van der Waals surface area contributed by atoms with Crippen LogP contribution in [-0.2, 0) is 14.2 Å². The summed E-state index contributed by atoms with van der Waals surface area (Å²) < 4.78 is 15.9. The molecule has 0 aliphatic rings. The van der Waals surface area contributed by atoms with Crippen LogP contribution in [0.3, 0.4) is 0 Å². The number of unbranched alkanes of at least 4 members (excludes halogenated alkanes) is 1. The highest BCUT2D eigenvalue weighted by Gasteiger charge is 2.25. The van der Waals surface area contributed by atoms with Crippen LogP contribution in [0.1, 0.15) is 46.0 Å². The molecule has 0 aromatic rings. The maximum absolute atomic E-state index is 5.96. The first-order chi connectivity index (χ1) is 9.24. The number of ether oxygens (including phenoxy) is 3. The highest BCUT2D eigenvalue weighted by atomic mass is 16.5. The molecule has 0 aliphatic heterocycles. The fraction of sp³-hybridized carbons (Fsp3) is 1.00. The Morgan fingerprint density at radius 2 is 1.53 bits per heavy atom. The average molecular weight is 275 g/mol. The Morgan fingerprint density at radius 1 is 0.895 bits per heavy atom. The van der Waals surface area contributed by atoms with Crippen molar-refractivity contribution in [2.24, 2.45) is 11.1 Å². The maximum atomic E-state index is 5.96. The van der Waals surface area contributed by atoms with Gasteiger partial charge in [0.05, 0.1) is 26.4 Å². The third-order valence-electron chi connectivity index (χ3n) is 3.82. The molecule has 0 spiro atoms. The lowest BCUT2D eigenvalue weighted by Gasteiger charge is -2.31. The summed E-state index contributed by atoms with van der Waals surface area (Å²) in [4.78, 5) is 0. The Bertz CT molecular complexity index is 184. The van der Waals surface area contributed by atoms with Gasteiger partial charge in [0.1, 0.15) is 0 Å². The quantitative estimate of drug-likeness (QED) is 0.495. The second-order valence-electron chi connectivity index (χ2n) is 5.13. The van der Waals surface area contributed by atoms with E-state index in [1.807, 2.05) is 0 Å². The molecule has 0 heterocycles. The molecule has 116 valence electrons. The molecule has 19 heavy (non-hydrogen) atoms. The van der Waals surface area contributed by atoms with Gasteiger partial charge in [-0.2, -0.15) is 0 Å². The first-order valence-corrected chi connectivity index (χ1v) is 7.59. The molecular weight excluding hydrogens is 242 g/mol. The van der Waals surface area contributed by atoms with Crippen molar-refractivity contribution in [1.29, 1.82) is 0 Å². The second-order valence-corrected chi connectivity index (χ2v) is 5.13. The lowest BCUT2D eigenvalue weighted by molar-refractivity contribution is 0.0156. The summed E-state index contributed by atoms with van der Waals surface area (Å²) in [7, 11) is 1.67. The summed E-state index contributed by atoms with van der Waals surface area (Å²) in [6.45, 7) is 8.57. The minimum absolute atomic E-state index is 0.271. The molecule has 0 amide bonds. The first-order valence-electron chi connectivity index (χ1n) is 7.59. The fourth-order valence-electron chi connectivity index (χ4n) is 2.13. The zero-order chi connectivity index (χ0) is 14.4. The molecule has 1 atom stereocenters. The van der Waals surface area contributed by atoms with E-state index < -0.39 is 0 Å². The van der Waals surface area contributed by atoms with Crippen LogP contribution >= 0.6 is 0 Å². The van der Waals surface area contributed by atoms with Crippen molar-refractivity contribution in [3.05, 3.63) is 0 Å². The van der Waals surface area contributed by atoms with E-state index in [0.29, 0.717) is 26.4 Å². The Balaban J connectivity index is 3.63. The summed E-state index contributed by atoms with van der Waals surface area (Å²) in [6.07, 6.45) is 5.89. The molecule has 0 radical (unpaired) electrons. The molecule has 0 fully saturated rings. The van der Waals surface area contributed by atoms with Gasteiger partial charge < -0.3 is 19.9 Å². The Hall–Kier alpha value is -0.160. The van der Waals surface area contributed by atoms with E-state index in [9.17, 15) is 0 Å². The van der Waals surface area contributed by atoms with Gasteiger partial charge in [-0.15, -0.1) is 0 Å². The zero-order valence-electron chi connectivity index (χ0n) is 13.1. The van der Waals surface area contributed by atoms with Gasteiger partial charge in [0, 0.05) is 13.7 Å².